The zero-order chi connectivity index (χ0) is 14.9. The molecular formula is C13H15ClF4N2O. The molecule has 1 aliphatic rings. The first-order valence-electron chi connectivity index (χ1n) is 6.29. The highest BCUT2D eigenvalue weighted by atomic mass is 35.5. The summed E-state index contributed by atoms with van der Waals surface area (Å²) in [7, 11) is 0. The summed E-state index contributed by atoms with van der Waals surface area (Å²) in [6.07, 6.45) is 2.24. The van der Waals surface area contributed by atoms with Gasteiger partial charge in [-0.1, -0.05) is 6.42 Å². The third-order valence-corrected chi connectivity index (χ3v) is 3.62. The number of carbonyl (C=O) groups is 1. The second kappa shape index (κ2) is 7.09. The van der Waals surface area contributed by atoms with Crippen LogP contribution in [0.1, 0.15) is 29.6 Å². The van der Waals surface area contributed by atoms with E-state index in [0.717, 1.165) is 12.8 Å². The maximum absolute atomic E-state index is 13.5. The predicted octanol–water partition coefficient (Wildman–Crippen LogP) is 2.52. The van der Waals surface area contributed by atoms with Gasteiger partial charge in [0.25, 0.3) is 5.91 Å². The van der Waals surface area contributed by atoms with E-state index in [-0.39, 0.29) is 30.4 Å². The molecule has 0 spiro atoms. The molecule has 3 nitrogen and oxygen atoms in total. The lowest BCUT2D eigenvalue weighted by molar-refractivity contribution is 0.0917. The monoisotopic (exact) mass is 326 g/mol. The minimum atomic E-state index is -1.69. The zero-order valence-electron chi connectivity index (χ0n) is 11.0. The largest absolute Gasteiger partial charge is 0.349 e. The Bertz CT molecular complexity index is 515. The Morgan fingerprint density at radius 3 is 2.29 bits per heavy atom. The molecule has 2 unspecified atom stereocenters. The average Bonchev–Trinajstić information content (AvgIpc) is 2.84. The van der Waals surface area contributed by atoms with Crippen LogP contribution in [-0.2, 0) is 0 Å². The maximum Gasteiger partial charge on any atom is 0.257 e. The molecule has 0 aromatic heterocycles. The van der Waals surface area contributed by atoms with Crippen molar-refractivity contribution in [3.63, 3.8) is 0 Å². The molecule has 1 aromatic rings. The van der Waals surface area contributed by atoms with Crippen molar-refractivity contribution >= 4 is 18.3 Å². The molecule has 1 aliphatic carbocycles. The van der Waals surface area contributed by atoms with E-state index < -0.39 is 34.7 Å². The third kappa shape index (κ3) is 3.47. The Morgan fingerprint density at radius 2 is 1.76 bits per heavy atom. The van der Waals surface area contributed by atoms with Crippen LogP contribution in [0.25, 0.3) is 0 Å². The fourth-order valence-electron chi connectivity index (χ4n) is 2.52. The highest BCUT2D eigenvalue weighted by Crippen LogP contribution is 2.26. The lowest BCUT2D eigenvalue weighted by Crippen LogP contribution is -2.40. The van der Waals surface area contributed by atoms with Crippen molar-refractivity contribution in [1.29, 1.82) is 0 Å². The van der Waals surface area contributed by atoms with E-state index in [1.165, 1.54) is 0 Å². The number of halogens is 5. The molecule has 118 valence electrons. The highest BCUT2D eigenvalue weighted by Gasteiger charge is 2.31. The first-order valence-corrected chi connectivity index (χ1v) is 6.29. The Hall–Kier alpha value is -1.34. The van der Waals surface area contributed by atoms with E-state index in [4.69, 9.17) is 5.73 Å². The van der Waals surface area contributed by atoms with Gasteiger partial charge in [0, 0.05) is 12.1 Å². The molecule has 0 saturated heterocycles. The third-order valence-electron chi connectivity index (χ3n) is 3.62. The topological polar surface area (TPSA) is 55.1 Å². The molecule has 1 fully saturated rings. The Kier molecular flexibility index (Phi) is 5.98. The molecular weight excluding hydrogens is 312 g/mol. The predicted molar refractivity (Wildman–Crippen MR) is 71.2 cm³/mol. The molecule has 21 heavy (non-hydrogen) atoms. The number of nitrogens with two attached hydrogens (primary N) is 1. The maximum atomic E-state index is 13.5. The van der Waals surface area contributed by atoms with Crippen LogP contribution in [0.5, 0.6) is 0 Å². The molecule has 0 radical (unpaired) electrons. The SMILES string of the molecule is Cl.NCC1CCCC1NC(=O)c1c(F)c(F)cc(F)c1F. The first-order chi connectivity index (χ1) is 9.45. The van der Waals surface area contributed by atoms with Gasteiger partial charge >= 0.3 is 0 Å². The van der Waals surface area contributed by atoms with Crippen LogP contribution in [0.4, 0.5) is 17.6 Å². The van der Waals surface area contributed by atoms with E-state index in [2.05, 4.69) is 5.32 Å². The molecule has 2 rings (SSSR count). The summed E-state index contributed by atoms with van der Waals surface area (Å²) in [5.41, 5.74) is 4.30. The van der Waals surface area contributed by atoms with Crippen LogP contribution in [0, 0.1) is 29.2 Å². The van der Waals surface area contributed by atoms with Crippen molar-refractivity contribution in [2.24, 2.45) is 11.7 Å². The van der Waals surface area contributed by atoms with Gasteiger partial charge in [0.05, 0.1) is 0 Å². The smallest absolute Gasteiger partial charge is 0.257 e. The van der Waals surface area contributed by atoms with Crippen molar-refractivity contribution in [3.8, 4) is 0 Å². The lowest BCUT2D eigenvalue weighted by atomic mass is 10.0. The van der Waals surface area contributed by atoms with E-state index in [9.17, 15) is 22.4 Å². The molecule has 3 N–H and O–H groups in total. The van der Waals surface area contributed by atoms with Crippen molar-refractivity contribution < 1.29 is 22.4 Å². The summed E-state index contributed by atoms with van der Waals surface area (Å²) in [4.78, 5) is 11.8. The number of nitrogens with one attached hydrogen (secondary N) is 1. The Morgan fingerprint density at radius 1 is 1.19 bits per heavy atom. The highest BCUT2D eigenvalue weighted by molar-refractivity contribution is 5.95. The standard InChI is InChI=1S/C13H14F4N2O.ClH/c14-7-4-8(15)12(17)10(11(7)16)13(20)19-9-3-1-2-6(9)5-18;/h4,6,9H,1-3,5,18H2,(H,19,20);1H. The van der Waals surface area contributed by atoms with Crippen LogP contribution < -0.4 is 11.1 Å². The summed E-state index contributed by atoms with van der Waals surface area (Å²) in [5.74, 6) is -7.74. The van der Waals surface area contributed by atoms with Gasteiger partial charge in [-0.2, -0.15) is 0 Å². The molecule has 2 atom stereocenters. The quantitative estimate of drug-likeness (QED) is 0.662. The van der Waals surface area contributed by atoms with E-state index >= 15 is 0 Å². The first kappa shape index (κ1) is 17.7. The van der Waals surface area contributed by atoms with Gasteiger partial charge < -0.3 is 11.1 Å². The van der Waals surface area contributed by atoms with Gasteiger partial charge in [0.1, 0.15) is 5.56 Å². The lowest BCUT2D eigenvalue weighted by Gasteiger charge is -2.19. The molecule has 1 amide bonds. The number of benzene rings is 1. The van der Waals surface area contributed by atoms with Crippen LogP contribution in [0.15, 0.2) is 6.07 Å². The fraction of sp³-hybridized carbons (Fsp3) is 0.462. The molecule has 0 heterocycles. The number of hydrogen-bond donors (Lipinski definition) is 2. The molecule has 0 bridgehead atoms. The van der Waals surface area contributed by atoms with Crippen molar-refractivity contribution in [1.82, 2.24) is 5.32 Å². The average molecular weight is 327 g/mol. The second-order valence-corrected chi connectivity index (χ2v) is 4.85. The van der Waals surface area contributed by atoms with Crippen LogP contribution in [0.2, 0.25) is 0 Å². The van der Waals surface area contributed by atoms with Crippen LogP contribution in [-0.4, -0.2) is 18.5 Å². The molecule has 1 saturated carbocycles. The van der Waals surface area contributed by atoms with E-state index in [0.29, 0.717) is 13.0 Å². The zero-order valence-corrected chi connectivity index (χ0v) is 11.8. The molecule has 0 aliphatic heterocycles. The van der Waals surface area contributed by atoms with E-state index in [1.54, 1.807) is 0 Å². The van der Waals surface area contributed by atoms with Crippen LogP contribution in [0.3, 0.4) is 0 Å². The van der Waals surface area contributed by atoms with Crippen molar-refractivity contribution in [2.75, 3.05) is 6.54 Å². The second-order valence-electron chi connectivity index (χ2n) is 4.85. The molecule has 8 heteroatoms. The van der Waals surface area contributed by atoms with Gasteiger partial charge in [0.2, 0.25) is 0 Å². The van der Waals surface area contributed by atoms with Crippen molar-refractivity contribution in [3.05, 3.63) is 34.9 Å². The number of rotatable bonds is 3. The van der Waals surface area contributed by atoms with Crippen LogP contribution >= 0.6 is 12.4 Å². The van der Waals surface area contributed by atoms with Gasteiger partial charge in [-0.15, -0.1) is 12.4 Å². The summed E-state index contributed by atoms with van der Waals surface area (Å²) < 4.78 is 53.1. The van der Waals surface area contributed by atoms with Gasteiger partial charge in [-0.25, -0.2) is 17.6 Å². The van der Waals surface area contributed by atoms with Crippen molar-refractivity contribution in [2.45, 2.75) is 25.3 Å². The normalized spacial score (nSPS) is 21.0. The number of amides is 1. The fourth-order valence-corrected chi connectivity index (χ4v) is 2.52. The minimum absolute atomic E-state index is 0. The Balaban J connectivity index is 0.00000220. The van der Waals surface area contributed by atoms with Gasteiger partial charge in [-0.05, 0) is 25.3 Å². The van der Waals surface area contributed by atoms with Gasteiger partial charge in [0.15, 0.2) is 23.3 Å². The summed E-state index contributed by atoms with van der Waals surface area (Å²) in [6, 6.07) is -0.266. The summed E-state index contributed by atoms with van der Waals surface area (Å²) in [5, 5.41) is 2.40. The minimum Gasteiger partial charge on any atom is -0.349 e. The number of carbonyl (C=O) groups excluding carboxylic acids is 1. The summed E-state index contributed by atoms with van der Waals surface area (Å²) in [6.45, 7) is 0.327. The summed E-state index contributed by atoms with van der Waals surface area (Å²) >= 11 is 0. The number of hydrogen-bond acceptors (Lipinski definition) is 2. The molecule has 1 aromatic carbocycles. The Labute approximate surface area is 125 Å². The van der Waals surface area contributed by atoms with Gasteiger partial charge in [-0.3, -0.25) is 4.79 Å². The van der Waals surface area contributed by atoms with E-state index in [1.807, 2.05) is 0 Å².